The molecule has 0 radical (unpaired) electrons. The number of halogens is 2. The molecule has 0 aliphatic rings. The number of nitrogens with two attached hydrogens (primary N) is 1. The fourth-order valence-corrected chi connectivity index (χ4v) is 2.95. The average molecular weight is 413 g/mol. The molecule has 0 unspecified atom stereocenters. The SMILES string of the molecule is Cc1ccccc1NC(=O)CN=Nc1ccc(-c2ccc(N)c(Cl)c2)cc1Cl. The lowest BCUT2D eigenvalue weighted by Gasteiger charge is -2.07. The number of nitrogens with zero attached hydrogens (tertiary/aromatic N) is 2. The van der Waals surface area contributed by atoms with E-state index in [1.54, 1.807) is 24.3 Å². The second kappa shape index (κ2) is 8.87. The number of rotatable bonds is 5. The highest BCUT2D eigenvalue weighted by molar-refractivity contribution is 6.34. The lowest BCUT2D eigenvalue weighted by Crippen LogP contribution is -2.15. The van der Waals surface area contributed by atoms with E-state index in [0.717, 1.165) is 22.4 Å². The first-order valence-corrected chi connectivity index (χ1v) is 9.27. The second-order valence-electron chi connectivity index (χ2n) is 6.17. The Bertz CT molecular complexity index is 1050. The summed E-state index contributed by atoms with van der Waals surface area (Å²) in [5.41, 5.74) is 10.2. The van der Waals surface area contributed by atoms with Gasteiger partial charge in [-0.05, 0) is 53.9 Å². The minimum Gasteiger partial charge on any atom is -0.398 e. The zero-order valence-electron chi connectivity index (χ0n) is 15.1. The third kappa shape index (κ3) is 4.88. The van der Waals surface area contributed by atoms with Gasteiger partial charge in [0.25, 0.3) is 0 Å². The molecule has 3 N–H and O–H groups in total. The molecule has 0 spiro atoms. The number of amides is 1. The highest BCUT2D eigenvalue weighted by atomic mass is 35.5. The van der Waals surface area contributed by atoms with E-state index >= 15 is 0 Å². The summed E-state index contributed by atoms with van der Waals surface area (Å²) in [5, 5.41) is 11.7. The zero-order valence-corrected chi connectivity index (χ0v) is 16.6. The van der Waals surface area contributed by atoms with Crippen LogP contribution in [0.4, 0.5) is 17.1 Å². The Hall–Kier alpha value is -2.89. The van der Waals surface area contributed by atoms with Crippen LogP contribution in [0, 0.1) is 6.92 Å². The van der Waals surface area contributed by atoms with E-state index in [0.29, 0.717) is 21.4 Å². The molecule has 0 aliphatic carbocycles. The van der Waals surface area contributed by atoms with E-state index in [4.69, 9.17) is 28.9 Å². The van der Waals surface area contributed by atoms with Crippen molar-refractivity contribution < 1.29 is 4.79 Å². The highest BCUT2D eigenvalue weighted by Crippen LogP contribution is 2.33. The van der Waals surface area contributed by atoms with Gasteiger partial charge < -0.3 is 11.1 Å². The van der Waals surface area contributed by atoms with Crippen LogP contribution in [0.5, 0.6) is 0 Å². The standard InChI is InChI=1S/C21H18Cl2N4O/c1-13-4-2-3-5-19(13)26-21(28)12-25-27-20-9-7-15(11-17(20)23)14-6-8-18(24)16(22)10-14/h2-11H,12,24H2,1H3,(H,26,28). The van der Waals surface area contributed by atoms with Gasteiger partial charge in [-0.1, -0.05) is 53.5 Å². The van der Waals surface area contributed by atoms with Crippen molar-refractivity contribution in [2.75, 3.05) is 17.6 Å². The van der Waals surface area contributed by atoms with Gasteiger partial charge in [0, 0.05) is 5.69 Å². The lowest BCUT2D eigenvalue weighted by molar-refractivity contribution is -0.114. The predicted molar refractivity (Wildman–Crippen MR) is 116 cm³/mol. The van der Waals surface area contributed by atoms with Crippen molar-refractivity contribution in [3.63, 3.8) is 0 Å². The Morgan fingerprint density at radius 2 is 1.68 bits per heavy atom. The highest BCUT2D eigenvalue weighted by Gasteiger charge is 2.07. The van der Waals surface area contributed by atoms with E-state index < -0.39 is 0 Å². The Labute approximate surface area is 173 Å². The average Bonchev–Trinajstić information content (AvgIpc) is 2.67. The first kappa shape index (κ1) is 19.9. The van der Waals surface area contributed by atoms with E-state index in [9.17, 15) is 4.79 Å². The van der Waals surface area contributed by atoms with Gasteiger partial charge in [-0.15, -0.1) is 0 Å². The normalized spacial score (nSPS) is 11.0. The molecule has 7 heteroatoms. The number of azo groups is 1. The quantitative estimate of drug-likeness (QED) is 0.382. The minimum absolute atomic E-state index is 0.0972. The molecule has 28 heavy (non-hydrogen) atoms. The van der Waals surface area contributed by atoms with Gasteiger partial charge >= 0.3 is 0 Å². The minimum atomic E-state index is -0.248. The number of hydrogen-bond acceptors (Lipinski definition) is 4. The van der Waals surface area contributed by atoms with Crippen molar-refractivity contribution in [3.8, 4) is 11.1 Å². The molecule has 1 amide bonds. The van der Waals surface area contributed by atoms with Gasteiger partial charge in [-0.3, -0.25) is 4.79 Å². The van der Waals surface area contributed by atoms with Crippen molar-refractivity contribution >= 4 is 46.2 Å². The van der Waals surface area contributed by atoms with Gasteiger partial charge in [0.15, 0.2) is 0 Å². The Morgan fingerprint density at radius 1 is 1.00 bits per heavy atom. The summed E-state index contributed by atoms with van der Waals surface area (Å²) < 4.78 is 0. The van der Waals surface area contributed by atoms with Crippen molar-refractivity contribution in [2.24, 2.45) is 10.2 Å². The zero-order chi connectivity index (χ0) is 20.1. The molecule has 142 valence electrons. The maximum atomic E-state index is 12.0. The van der Waals surface area contributed by atoms with Crippen LogP contribution in [-0.4, -0.2) is 12.5 Å². The third-order valence-corrected chi connectivity index (χ3v) is 4.72. The van der Waals surface area contributed by atoms with Crippen LogP contribution in [-0.2, 0) is 4.79 Å². The molecular weight excluding hydrogens is 395 g/mol. The van der Waals surface area contributed by atoms with Crippen LogP contribution in [0.25, 0.3) is 11.1 Å². The Balaban J connectivity index is 1.66. The van der Waals surface area contributed by atoms with E-state index in [2.05, 4.69) is 15.5 Å². The number of anilines is 2. The van der Waals surface area contributed by atoms with Crippen molar-refractivity contribution in [2.45, 2.75) is 6.92 Å². The molecule has 0 atom stereocenters. The van der Waals surface area contributed by atoms with Crippen LogP contribution in [0.15, 0.2) is 70.9 Å². The van der Waals surface area contributed by atoms with E-state index in [-0.39, 0.29) is 12.5 Å². The van der Waals surface area contributed by atoms with Crippen molar-refractivity contribution in [1.82, 2.24) is 0 Å². The topological polar surface area (TPSA) is 79.8 Å². The Kier molecular flexibility index (Phi) is 6.29. The third-order valence-electron chi connectivity index (χ3n) is 4.09. The van der Waals surface area contributed by atoms with Gasteiger partial charge in [-0.2, -0.15) is 10.2 Å². The van der Waals surface area contributed by atoms with Crippen LogP contribution in [0.1, 0.15) is 5.56 Å². The molecule has 3 rings (SSSR count). The van der Waals surface area contributed by atoms with Crippen LogP contribution >= 0.6 is 23.2 Å². The fraction of sp³-hybridized carbons (Fsp3) is 0.0952. The monoisotopic (exact) mass is 412 g/mol. The van der Waals surface area contributed by atoms with Crippen molar-refractivity contribution in [1.29, 1.82) is 0 Å². The number of aryl methyl sites for hydroxylation is 1. The fourth-order valence-electron chi connectivity index (χ4n) is 2.55. The Morgan fingerprint density at radius 3 is 2.36 bits per heavy atom. The first-order chi connectivity index (χ1) is 13.4. The smallest absolute Gasteiger partial charge is 0.247 e. The summed E-state index contributed by atoms with van der Waals surface area (Å²) in [6.07, 6.45) is 0. The number of benzene rings is 3. The second-order valence-corrected chi connectivity index (χ2v) is 6.98. The molecule has 3 aromatic rings. The molecule has 0 saturated heterocycles. The summed E-state index contributed by atoms with van der Waals surface area (Å²) in [6, 6.07) is 18.3. The van der Waals surface area contributed by atoms with E-state index in [1.165, 1.54) is 0 Å². The van der Waals surface area contributed by atoms with Gasteiger partial charge in [0.05, 0.1) is 15.7 Å². The van der Waals surface area contributed by atoms with Crippen LogP contribution in [0.3, 0.4) is 0 Å². The van der Waals surface area contributed by atoms with E-state index in [1.807, 2.05) is 43.3 Å². The summed E-state index contributed by atoms with van der Waals surface area (Å²) in [5.74, 6) is -0.248. The molecule has 0 bridgehead atoms. The molecule has 0 saturated carbocycles. The number of carbonyl (C=O) groups excluding carboxylic acids is 1. The maximum absolute atomic E-state index is 12.0. The van der Waals surface area contributed by atoms with Gasteiger partial charge in [-0.25, -0.2) is 0 Å². The number of hydrogen-bond donors (Lipinski definition) is 2. The number of para-hydroxylation sites is 1. The van der Waals surface area contributed by atoms with Crippen LogP contribution < -0.4 is 11.1 Å². The van der Waals surface area contributed by atoms with Gasteiger partial charge in [0.1, 0.15) is 12.2 Å². The summed E-state index contributed by atoms with van der Waals surface area (Å²) in [4.78, 5) is 12.0. The number of carbonyl (C=O) groups is 1. The maximum Gasteiger partial charge on any atom is 0.247 e. The summed E-state index contributed by atoms with van der Waals surface area (Å²) >= 11 is 12.4. The van der Waals surface area contributed by atoms with Crippen LogP contribution in [0.2, 0.25) is 10.0 Å². The molecule has 0 fully saturated rings. The van der Waals surface area contributed by atoms with Gasteiger partial charge in [0.2, 0.25) is 5.91 Å². The first-order valence-electron chi connectivity index (χ1n) is 8.52. The summed E-state index contributed by atoms with van der Waals surface area (Å²) in [7, 11) is 0. The van der Waals surface area contributed by atoms with Crippen molar-refractivity contribution in [3.05, 3.63) is 76.3 Å². The number of nitrogens with one attached hydrogen (secondary N) is 1. The summed E-state index contributed by atoms with van der Waals surface area (Å²) in [6.45, 7) is 1.83. The molecular formula is C21H18Cl2N4O. The molecule has 0 aromatic heterocycles. The predicted octanol–water partition coefficient (Wildman–Crippen LogP) is 6.27. The number of nitrogen functional groups attached to an aromatic ring is 1. The molecule has 0 aliphatic heterocycles. The molecule has 3 aromatic carbocycles. The lowest BCUT2D eigenvalue weighted by atomic mass is 10.1. The molecule has 5 nitrogen and oxygen atoms in total. The largest absolute Gasteiger partial charge is 0.398 e. The molecule has 0 heterocycles.